The van der Waals surface area contributed by atoms with E-state index in [0.717, 1.165) is 0 Å². The molecule has 0 saturated heterocycles. The zero-order chi connectivity index (χ0) is 12.2. The Morgan fingerprint density at radius 3 is 2.62 bits per heavy atom. The molecule has 0 atom stereocenters. The van der Waals surface area contributed by atoms with Gasteiger partial charge in [-0.1, -0.05) is 17.3 Å². The quantitative estimate of drug-likeness (QED) is 0.644. The lowest BCUT2D eigenvalue weighted by atomic mass is 10.4. The van der Waals surface area contributed by atoms with E-state index in [4.69, 9.17) is 16.1 Å². The molecule has 1 aromatic heterocycles. The Morgan fingerprint density at radius 2 is 2.12 bits per heavy atom. The summed E-state index contributed by atoms with van der Waals surface area (Å²) in [5.74, 6) is 0.638. The Hall–Kier alpha value is -0.850. The first-order valence-corrected chi connectivity index (χ1v) is 6.64. The molecule has 7 heteroatoms. The molecule has 0 bridgehead atoms. The van der Waals surface area contributed by atoms with Gasteiger partial charge in [0.25, 0.3) is 0 Å². The average Bonchev–Trinajstić information content (AvgIpc) is 2.54. The van der Waals surface area contributed by atoms with E-state index < -0.39 is 10.0 Å². The fourth-order valence-electron chi connectivity index (χ4n) is 1.23. The van der Waals surface area contributed by atoms with Crippen LogP contribution < -0.4 is 4.72 Å². The molecule has 0 fully saturated rings. The van der Waals surface area contributed by atoms with Gasteiger partial charge in [0, 0.05) is 12.4 Å². The van der Waals surface area contributed by atoms with Gasteiger partial charge in [-0.3, -0.25) is 0 Å². The third kappa shape index (κ3) is 3.07. The fourth-order valence-corrected chi connectivity index (χ4v) is 2.66. The van der Waals surface area contributed by atoms with Gasteiger partial charge in [-0.2, -0.15) is 0 Å². The van der Waals surface area contributed by atoms with Crippen LogP contribution in [0.5, 0.6) is 0 Å². The van der Waals surface area contributed by atoms with Crippen LogP contribution >= 0.6 is 11.6 Å². The molecule has 90 valence electrons. The number of aryl methyl sites for hydroxylation is 2. The van der Waals surface area contributed by atoms with E-state index in [1.807, 2.05) is 0 Å². The van der Waals surface area contributed by atoms with Crippen LogP contribution in [-0.4, -0.2) is 26.0 Å². The fraction of sp³-hybridized carbons (Fsp3) is 0.444. The predicted molar refractivity (Wildman–Crippen MR) is 61.0 cm³/mol. The third-order valence-electron chi connectivity index (χ3n) is 1.88. The van der Waals surface area contributed by atoms with Crippen LogP contribution in [0.15, 0.2) is 21.6 Å². The van der Waals surface area contributed by atoms with Gasteiger partial charge in [0.15, 0.2) is 5.76 Å². The van der Waals surface area contributed by atoms with Gasteiger partial charge in [0.2, 0.25) is 10.0 Å². The molecule has 0 aliphatic heterocycles. The van der Waals surface area contributed by atoms with Crippen molar-refractivity contribution in [3.8, 4) is 0 Å². The number of hydrogen-bond donors (Lipinski definition) is 1. The maximum Gasteiger partial charge on any atom is 0.246 e. The number of rotatable bonds is 5. The lowest BCUT2D eigenvalue weighted by molar-refractivity contribution is 0.390. The first-order chi connectivity index (χ1) is 7.49. The zero-order valence-corrected chi connectivity index (χ0v) is 10.6. The molecule has 1 heterocycles. The highest BCUT2D eigenvalue weighted by Gasteiger charge is 2.22. The summed E-state index contributed by atoms with van der Waals surface area (Å²) in [6, 6.07) is 0. The predicted octanol–water partition coefficient (Wildman–Crippen LogP) is 1.36. The minimum absolute atomic E-state index is 0.103. The minimum Gasteiger partial charge on any atom is -0.360 e. The lowest BCUT2D eigenvalue weighted by Crippen LogP contribution is -2.24. The number of allylic oxidation sites excluding steroid dienone is 1. The van der Waals surface area contributed by atoms with Crippen molar-refractivity contribution in [2.45, 2.75) is 18.7 Å². The van der Waals surface area contributed by atoms with Crippen LogP contribution in [0.4, 0.5) is 0 Å². The number of aromatic nitrogens is 1. The molecule has 1 rings (SSSR count). The van der Waals surface area contributed by atoms with Crippen LogP contribution in [0, 0.1) is 13.8 Å². The molecule has 0 amide bonds. The normalized spacial score (nSPS) is 12.4. The molecule has 5 nitrogen and oxygen atoms in total. The number of hydrogen-bond acceptors (Lipinski definition) is 4. The van der Waals surface area contributed by atoms with Crippen LogP contribution in [-0.2, 0) is 10.0 Å². The topological polar surface area (TPSA) is 72.2 Å². The molecule has 1 aromatic rings. The number of halogens is 1. The van der Waals surface area contributed by atoms with Crippen molar-refractivity contribution in [2.24, 2.45) is 0 Å². The van der Waals surface area contributed by atoms with Gasteiger partial charge < -0.3 is 4.52 Å². The lowest BCUT2D eigenvalue weighted by Gasteiger charge is -2.02. The van der Waals surface area contributed by atoms with Crippen LogP contribution in [0.2, 0.25) is 0 Å². The molecular formula is C9H13ClN2O3S. The number of sulfonamides is 1. The van der Waals surface area contributed by atoms with Crippen molar-refractivity contribution in [2.75, 3.05) is 12.4 Å². The number of nitrogens with one attached hydrogen (secondary N) is 1. The Kier molecular flexibility index (Phi) is 4.52. The van der Waals surface area contributed by atoms with Gasteiger partial charge >= 0.3 is 0 Å². The van der Waals surface area contributed by atoms with Gasteiger partial charge in [-0.25, -0.2) is 13.1 Å². The molecule has 16 heavy (non-hydrogen) atoms. The van der Waals surface area contributed by atoms with Crippen molar-refractivity contribution in [3.63, 3.8) is 0 Å². The summed E-state index contributed by atoms with van der Waals surface area (Å²) >= 11 is 5.41. The van der Waals surface area contributed by atoms with E-state index in [1.165, 1.54) is 0 Å². The molecular weight excluding hydrogens is 252 g/mol. The van der Waals surface area contributed by atoms with Crippen LogP contribution in [0.25, 0.3) is 0 Å². The summed E-state index contributed by atoms with van der Waals surface area (Å²) in [4.78, 5) is 0.103. The van der Waals surface area contributed by atoms with E-state index in [9.17, 15) is 8.42 Å². The standard InChI is InChI=1S/C9H13ClN2O3S/c1-7-9(8(2)15-12-7)16(13,14)11-6-4-3-5-10/h3-4,11H,5-6H2,1-2H3/b4-3+. The third-order valence-corrected chi connectivity index (χ3v) is 3.73. The van der Waals surface area contributed by atoms with Gasteiger partial charge in [0.05, 0.1) is 0 Å². The van der Waals surface area contributed by atoms with Crippen LogP contribution in [0.3, 0.4) is 0 Å². The second-order valence-electron chi connectivity index (χ2n) is 3.13. The van der Waals surface area contributed by atoms with Crippen molar-refractivity contribution < 1.29 is 12.9 Å². The summed E-state index contributed by atoms with van der Waals surface area (Å²) in [6.07, 6.45) is 3.31. The number of alkyl halides is 1. The highest BCUT2D eigenvalue weighted by atomic mass is 35.5. The Labute approximate surface area is 99.5 Å². The van der Waals surface area contributed by atoms with E-state index in [0.29, 0.717) is 11.6 Å². The van der Waals surface area contributed by atoms with E-state index in [1.54, 1.807) is 26.0 Å². The summed E-state index contributed by atoms with van der Waals surface area (Å²) < 4.78 is 30.8. The van der Waals surface area contributed by atoms with Crippen LogP contribution in [0.1, 0.15) is 11.5 Å². The van der Waals surface area contributed by atoms with Gasteiger partial charge in [-0.15, -0.1) is 11.6 Å². The minimum atomic E-state index is -3.56. The van der Waals surface area contributed by atoms with Crippen molar-refractivity contribution in [1.29, 1.82) is 0 Å². The Morgan fingerprint density at radius 1 is 1.44 bits per heavy atom. The molecule has 0 spiro atoms. The Bertz CT molecular complexity index is 459. The maximum atomic E-state index is 11.8. The van der Waals surface area contributed by atoms with Crippen molar-refractivity contribution >= 4 is 21.6 Å². The summed E-state index contributed by atoms with van der Waals surface area (Å²) in [5, 5.41) is 3.59. The Balaban J connectivity index is 2.83. The van der Waals surface area contributed by atoms with Crippen molar-refractivity contribution in [3.05, 3.63) is 23.6 Å². The molecule has 0 aromatic carbocycles. The largest absolute Gasteiger partial charge is 0.360 e. The molecule has 0 radical (unpaired) electrons. The molecule has 0 unspecified atom stereocenters. The highest BCUT2D eigenvalue weighted by Crippen LogP contribution is 2.18. The average molecular weight is 265 g/mol. The second kappa shape index (κ2) is 5.47. The van der Waals surface area contributed by atoms with Gasteiger partial charge in [0.1, 0.15) is 10.6 Å². The first-order valence-electron chi connectivity index (χ1n) is 4.62. The zero-order valence-electron chi connectivity index (χ0n) is 9.03. The van der Waals surface area contributed by atoms with E-state index >= 15 is 0 Å². The molecule has 0 aliphatic rings. The molecule has 0 saturated carbocycles. The molecule has 0 aliphatic carbocycles. The monoisotopic (exact) mass is 264 g/mol. The van der Waals surface area contributed by atoms with Crippen molar-refractivity contribution in [1.82, 2.24) is 9.88 Å². The highest BCUT2D eigenvalue weighted by molar-refractivity contribution is 7.89. The summed E-state index contributed by atoms with van der Waals surface area (Å²) in [7, 11) is -3.56. The first kappa shape index (κ1) is 13.2. The van der Waals surface area contributed by atoms with Gasteiger partial charge in [-0.05, 0) is 13.8 Å². The smallest absolute Gasteiger partial charge is 0.246 e. The van der Waals surface area contributed by atoms with E-state index in [-0.39, 0.29) is 17.2 Å². The summed E-state index contributed by atoms with van der Waals surface area (Å²) in [5.41, 5.74) is 0.353. The SMILES string of the molecule is Cc1noc(C)c1S(=O)(=O)NC/C=C/CCl. The van der Waals surface area contributed by atoms with E-state index in [2.05, 4.69) is 9.88 Å². The maximum absolute atomic E-state index is 11.8. The second-order valence-corrected chi connectivity index (χ2v) is 5.14. The number of nitrogens with zero attached hydrogens (tertiary/aromatic N) is 1. The summed E-state index contributed by atoms with van der Waals surface area (Å²) in [6.45, 7) is 3.34. The molecule has 1 N–H and O–H groups in total.